The summed E-state index contributed by atoms with van der Waals surface area (Å²) in [5.74, 6) is 0.881. The number of nitrogens with zero attached hydrogens (tertiary/aromatic N) is 1. The third-order valence-electron chi connectivity index (χ3n) is 3.74. The van der Waals surface area contributed by atoms with Gasteiger partial charge in [-0.2, -0.15) is 0 Å². The number of rotatable bonds is 3. The van der Waals surface area contributed by atoms with Crippen molar-refractivity contribution in [2.45, 2.75) is 13.8 Å². The van der Waals surface area contributed by atoms with Gasteiger partial charge in [0.2, 0.25) is 0 Å². The molecule has 0 bridgehead atoms. The Hall–Kier alpha value is -2.68. The van der Waals surface area contributed by atoms with Gasteiger partial charge in [0.25, 0.3) is 0 Å². The van der Waals surface area contributed by atoms with Crippen LogP contribution in [0, 0.1) is 6.92 Å². The van der Waals surface area contributed by atoms with E-state index >= 15 is 0 Å². The maximum Gasteiger partial charge on any atom is 0.159 e. The van der Waals surface area contributed by atoms with E-state index in [9.17, 15) is 4.79 Å². The number of ether oxygens (including phenoxy) is 1. The Kier molecular flexibility index (Phi) is 3.63. The lowest BCUT2D eigenvalue weighted by atomic mass is 9.98. The highest BCUT2D eigenvalue weighted by molar-refractivity contribution is 6.02. The Labute approximate surface area is 129 Å². The van der Waals surface area contributed by atoms with Crippen LogP contribution < -0.4 is 4.74 Å². The van der Waals surface area contributed by atoms with Crippen LogP contribution in [-0.2, 0) is 0 Å². The van der Waals surface area contributed by atoms with Gasteiger partial charge in [-0.05, 0) is 61.4 Å². The van der Waals surface area contributed by atoms with E-state index in [1.54, 1.807) is 14.0 Å². The van der Waals surface area contributed by atoms with Gasteiger partial charge in [0.05, 0.1) is 12.6 Å². The Morgan fingerprint density at radius 3 is 2.41 bits per heavy atom. The van der Waals surface area contributed by atoms with Gasteiger partial charge in [-0.1, -0.05) is 12.1 Å². The molecule has 0 saturated carbocycles. The number of ketones is 1. The fourth-order valence-electron chi connectivity index (χ4n) is 2.59. The van der Waals surface area contributed by atoms with Crippen LogP contribution in [0.4, 0.5) is 0 Å². The van der Waals surface area contributed by atoms with Gasteiger partial charge in [0, 0.05) is 16.6 Å². The molecule has 0 aliphatic rings. The summed E-state index contributed by atoms with van der Waals surface area (Å²) in [6.07, 6.45) is 0. The van der Waals surface area contributed by atoms with Crippen LogP contribution in [0.1, 0.15) is 23.0 Å². The molecule has 1 aromatic heterocycles. The van der Waals surface area contributed by atoms with Crippen LogP contribution in [0.15, 0.2) is 48.5 Å². The van der Waals surface area contributed by atoms with Gasteiger partial charge in [0.15, 0.2) is 5.78 Å². The van der Waals surface area contributed by atoms with E-state index in [1.165, 1.54) is 0 Å². The molecule has 0 N–H and O–H groups in total. The second-order valence-electron chi connectivity index (χ2n) is 5.33. The number of hydrogen-bond donors (Lipinski definition) is 0. The molecule has 0 spiro atoms. The number of carbonyl (C=O) groups excluding carboxylic acids is 1. The van der Waals surface area contributed by atoms with Crippen molar-refractivity contribution in [1.29, 1.82) is 0 Å². The normalized spacial score (nSPS) is 10.7. The first kappa shape index (κ1) is 14.3. The largest absolute Gasteiger partial charge is 0.497 e. The van der Waals surface area contributed by atoms with Gasteiger partial charge in [-0.25, -0.2) is 0 Å². The Morgan fingerprint density at radius 1 is 1.05 bits per heavy atom. The van der Waals surface area contributed by atoms with E-state index in [4.69, 9.17) is 4.74 Å². The molecule has 0 aliphatic carbocycles. The summed E-state index contributed by atoms with van der Waals surface area (Å²) in [6.45, 7) is 3.56. The summed E-state index contributed by atoms with van der Waals surface area (Å²) >= 11 is 0. The van der Waals surface area contributed by atoms with Crippen LogP contribution in [-0.4, -0.2) is 17.9 Å². The summed E-state index contributed by atoms with van der Waals surface area (Å²) in [7, 11) is 1.65. The number of Topliss-reactive ketones (excluding diaryl/α,β-unsaturated/α-hetero) is 1. The maximum atomic E-state index is 11.7. The molecular formula is C19H17NO2. The van der Waals surface area contributed by atoms with Gasteiger partial charge in [-0.15, -0.1) is 0 Å². The number of methoxy groups -OCH3 is 1. The van der Waals surface area contributed by atoms with Crippen molar-refractivity contribution in [1.82, 2.24) is 4.98 Å². The van der Waals surface area contributed by atoms with Crippen molar-refractivity contribution in [3.05, 3.63) is 59.8 Å². The summed E-state index contributed by atoms with van der Waals surface area (Å²) in [5.41, 5.74) is 4.71. The van der Waals surface area contributed by atoms with Crippen LogP contribution >= 0.6 is 0 Å². The highest BCUT2D eigenvalue weighted by Crippen LogP contribution is 2.30. The quantitative estimate of drug-likeness (QED) is 0.670. The molecule has 0 radical (unpaired) electrons. The number of fused-ring (bicyclic) bond motifs is 1. The fraction of sp³-hybridized carbons (Fsp3) is 0.158. The van der Waals surface area contributed by atoms with Gasteiger partial charge >= 0.3 is 0 Å². The van der Waals surface area contributed by atoms with Gasteiger partial charge < -0.3 is 4.74 Å². The average molecular weight is 291 g/mol. The molecule has 0 saturated heterocycles. The highest BCUT2D eigenvalue weighted by Gasteiger charge is 2.09. The molecule has 0 amide bonds. The number of aromatic nitrogens is 1. The van der Waals surface area contributed by atoms with Crippen molar-refractivity contribution in [3.63, 3.8) is 0 Å². The van der Waals surface area contributed by atoms with Crippen LogP contribution in [0.2, 0.25) is 0 Å². The monoisotopic (exact) mass is 291 g/mol. The minimum absolute atomic E-state index is 0.0585. The molecule has 0 atom stereocenters. The van der Waals surface area contributed by atoms with Crippen LogP contribution in [0.3, 0.4) is 0 Å². The second kappa shape index (κ2) is 5.60. The predicted octanol–water partition coefficient (Wildman–Crippen LogP) is 4.42. The minimum Gasteiger partial charge on any atom is -0.497 e. The van der Waals surface area contributed by atoms with Crippen molar-refractivity contribution >= 4 is 16.7 Å². The van der Waals surface area contributed by atoms with E-state index in [0.717, 1.165) is 33.5 Å². The number of aryl methyl sites for hydroxylation is 1. The Balaban J connectivity index is 2.25. The molecule has 3 aromatic rings. The summed E-state index contributed by atoms with van der Waals surface area (Å²) in [5, 5.41) is 0.989. The lowest BCUT2D eigenvalue weighted by Crippen LogP contribution is -1.94. The Morgan fingerprint density at radius 2 is 1.77 bits per heavy atom. The fourth-order valence-corrected chi connectivity index (χ4v) is 2.59. The van der Waals surface area contributed by atoms with Crippen LogP contribution in [0.25, 0.3) is 22.0 Å². The van der Waals surface area contributed by atoms with Crippen molar-refractivity contribution in [2.24, 2.45) is 0 Å². The average Bonchev–Trinajstić information content (AvgIpc) is 2.53. The molecule has 0 unspecified atom stereocenters. The van der Waals surface area contributed by atoms with E-state index in [2.05, 4.69) is 4.98 Å². The molecule has 3 nitrogen and oxygen atoms in total. The molecule has 0 aliphatic heterocycles. The number of hydrogen-bond acceptors (Lipinski definition) is 3. The molecule has 1 heterocycles. The minimum atomic E-state index is 0.0585. The molecule has 110 valence electrons. The lowest BCUT2D eigenvalue weighted by molar-refractivity contribution is 0.101. The smallest absolute Gasteiger partial charge is 0.159 e. The van der Waals surface area contributed by atoms with Crippen molar-refractivity contribution in [3.8, 4) is 16.9 Å². The topological polar surface area (TPSA) is 39.2 Å². The Bertz CT molecular complexity index is 851. The maximum absolute atomic E-state index is 11.7. The summed E-state index contributed by atoms with van der Waals surface area (Å²) in [6, 6.07) is 15.6. The number of pyridine rings is 1. The number of benzene rings is 2. The van der Waals surface area contributed by atoms with Gasteiger partial charge in [-0.3, -0.25) is 9.78 Å². The molecule has 0 fully saturated rings. The first-order chi connectivity index (χ1) is 10.6. The van der Waals surface area contributed by atoms with E-state index in [0.29, 0.717) is 5.56 Å². The SMILES string of the molecule is COc1ccc(-c2cc(C)nc3ccc(C(C)=O)cc23)cc1. The molecule has 3 heteroatoms. The van der Waals surface area contributed by atoms with Gasteiger partial charge in [0.1, 0.15) is 5.75 Å². The zero-order valence-electron chi connectivity index (χ0n) is 12.9. The third kappa shape index (κ3) is 2.58. The zero-order chi connectivity index (χ0) is 15.7. The lowest BCUT2D eigenvalue weighted by Gasteiger charge is -2.10. The molecular weight excluding hydrogens is 274 g/mol. The number of carbonyl (C=O) groups is 1. The van der Waals surface area contributed by atoms with Crippen molar-refractivity contribution < 1.29 is 9.53 Å². The zero-order valence-corrected chi connectivity index (χ0v) is 12.9. The molecule has 22 heavy (non-hydrogen) atoms. The standard InChI is InChI=1S/C19H17NO2/c1-12-10-17(14-4-7-16(22-3)8-5-14)18-11-15(13(2)21)6-9-19(18)20-12/h4-11H,1-3H3. The van der Waals surface area contributed by atoms with Crippen molar-refractivity contribution in [2.75, 3.05) is 7.11 Å². The highest BCUT2D eigenvalue weighted by atomic mass is 16.5. The van der Waals surface area contributed by atoms with E-state index in [-0.39, 0.29) is 5.78 Å². The van der Waals surface area contributed by atoms with Crippen LogP contribution in [0.5, 0.6) is 5.75 Å². The summed E-state index contributed by atoms with van der Waals surface area (Å²) in [4.78, 5) is 16.2. The van der Waals surface area contributed by atoms with E-state index < -0.39 is 0 Å². The molecule has 3 rings (SSSR count). The second-order valence-corrected chi connectivity index (χ2v) is 5.33. The molecule has 2 aromatic carbocycles. The summed E-state index contributed by atoms with van der Waals surface area (Å²) < 4.78 is 5.21. The van der Waals surface area contributed by atoms with E-state index in [1.807, 2.05) is 55.5 Å². The third-order valence-corrected chi connectivity index (χ3v) is 3.74. The first-order valence-corrected chi connectivity index (χ1v) is 7.15. The predicted molar refractivity (Wildman–Crippen MR) is 88.5 cm³/mol. The first-order valence-electron chi connectivity index (χ1n) is 7.15.